The van der Waals surface area contributed by atoms with Gasteiger partial charge in [0.05, 0.1) is 12.3 Å². The van der Waals surface area contributed by atoms with Gasteiger partial charge >= 0.3 is 0 Å². The van der Waals surface area contributed by atoms with E-state index >= 15 is 0 Å². The zero-order valence-electron chi connectivity index (χ0n) is 17.0. The number of nitrogens with one attached hydrogen (secondary N) is 1. The molecule has 0 aliphatic carbocycles. The molecule has 2 aromatic carbocycles. The third-order valence-corrected chi connectivity index (χ3v) is 5.48. The highest BCUT2D eigenvalue weighted by atomic mass is 35.5. The molecule has 1 unspecified atom stereocenters. The highest BCUT2D eigenvalue weighted by Crippen LogP contribution is 2.30. The van der Waals surface area contributed by atoms with Gasteiger partial charge in [-0.15, -0.1) is 10.2 Å². The third-order valence-electron chi connectivity index (χ3n) is 5.18. The molecular weight excluding hydrogens is 416 g/mol. The summed E-state index contributed by atoms with van der Waals surface area (Å²) >= 11 is 6.21. The second-order valence-electron chi connectivity index (χ2n) is 7.23. The zero-order chi connectivity index (χ0) is 21.8. The molecule has 0 spiro atoms. The van der Waals surface area contributed by atoms with E-state index in [2.05, 4.69) is 25.6 Å². The van der Waals surface area contributed by atoms with E-state index in [0.717, 1.165) is 28.7 Å². The molecule has 4 aromatic rings. The molecule has 4 rings (SSSR count). The number of aliphatic hydroxyl groups excluding tert-OH is 2. The van der Waals surface area contributed by atoms with Crippen LogP contribution in [0.1, 0.15) is 43.0 Å². The van der Waals surface area contributed by atoms with Gasteiger partial charge in [0.15, 0.2) is 5.15 Å². The minimum atomic E-state index is -0.732. The molecule has 0 amide bonds. The lowest BCUT2D eigenvalue weighted by molar-refractivity contribution is 0.151. The van der Waals surface area contributed by atoms with Crippen LogP contribution in [0, 0.1) is 0 Å². The smallest absolute Gasteiger partial charge is 0.205 e. The van der Waals surface area contributed by atoms with Gasteiger partial charge in [0.25, 0.3) is 0 Å². The number of halogens is 1. The van der Waals surface area contributed by atoms with Gasteiger partial charge in [-0.25, -0.2) is 4.98 Å². The maximum Gasteiger partial charge on any atom is 0.205 e. The van der Waals surface area contributed by atoms with Crippen molar-refractivity contribution in [2.24, 2.45) is 0 Å². The summed E-state index contributed by atoms with van der Waals surface area (Å²) in [5.41, 5.74) is 4.39. The van der Waals surface area contributed by atoms with Crippen molar-refractivity contribution in [2.75, 3.05) is 0 Å². The van der Waals surface area contributed by atoms with Crippen molar-refractivity contribution >= 4 is 11.6 Å². The van der Waals surface area contributed by atoms with Crippen molar-refractivity contribution in [3.8, 4) is 22.5 Å². The largest absolute Gasteiger partial charge is 0.390 e. The summed E-state index contributed by atoms with van der Waals surface area (Å²) < 4.78 is 1.80. The van der Waals surface area contributed by atoms with Crippen LogP contribution < -0.4 is 0 Å². The Balaban J connectivity index is 1.64. The fourth-order valence-electron chi connectivity index (χ4n) is 3.64. The Kier molecular flexibility index (Phi) is 6.41. The number of aliphatic hydroxyl groups is 2. The molecule has 0 saturated heterocycles. The molecule has 9 heteroatoms. The van der Waals surface area contributed by atoms with Gasteiger partial charge in [-0.3, -0.25) is 0 Å². The number of H-pyrrole nitrogens is 1. The minimum absolute atomic E-state index is 0.221. The number of imidazole rings is 1. The van der Waals surface area contributed by atoms with Crippen LogP contribution in [0.25, 0.3) is 22.5 Å². The second-order valence-corrected chi connectivity index (χ2v) is 7.59. The normalized spacial score (nSPS) is 12.3. The quantitative estimate of drug-likeness (QED) is 0.386. The van der Waals surface area contributed by atoms with E-state index in [4.69, 9.17) is 11.6 Å². The number of hydrogen-bond acceptors (Lipinski definition) is 6. The van der Waals surface area contributed by atoms with E-state index in [0.29, 0.717) is 30.3 Å². The van der Waals surface area contributed by atoms with E-state index in [1.54, 1.807) is 4.57 Å². The van der Waals surface area contributed by atoms with Crippen LogP contribution in [-0.4, -0.2) is 40.4 Å². The Bertz CT molecular complexity index is 1140. The summed E-state index contributed by atoms with van der Waals surface area (Å²) in [5.74, 6) is 1.01. The number of nitrogens with zero attached hydrogens (tertiary/aromatic N) is 5. The number of benzene rings is 2. The summed E-state index contributed by atoms with van der Waals surface area (Å²) in [5, 5.41) is 34.8. The highest BCUT2D eigenvalue weighted by Gasteiger charge is 2.21. The van der Waals surface area contributed by atoms with Gasteiger partial charge in [0.2, 0.25) is 5.82 Å². The van der Waals surface area contributed by atoms with Gasteiger partial charge in [-0.1, -0.05) is 73.5 Å². The van der Waals surface area contributed by atoms with Crippen LogP contribution in [-0.2, 0) is 13.2 Å². The summed E-state index contributed by atoms with van der Waals surface area (Å²) in [6.45, 7) is 2.19. The Morgan fingerprint density at radius 3 is 2.48 bits per heavy atom. The van der Waals surface area contributed by atoms with Crippen LogP contribution >= 0.6 is 11.6 Å². The first-order valence-electron chi connectivity index (χ1n) is 10.1. The Hall–Kier alpha value is -3.07. The molecule has 0 bridgehead atoms. The summed E-state index contributed by atoms with van der Waals surface area (Å²) in [6, 6.07) is 15.9. The molecule has 0 radical (unpaired) electrons. The Labute approximate surface area is 184 Å². The minimum Gasteiger partial charge on any atom is -0.390 e. The van der Waals surface area contributed by atoms with Crippen LogP contribution in [0.15, 0.2) is 48.5 Å². The SMILES string of the molecule is CCCC(O)c1nc(Cl)c(CO)n1Cc1ccc(-c2ccccc2-c2nn[nH]n2)cc1. The molecule has 31 heavy (non-hydrogen) atoms. The first kappa shape index (κ1) is 21.2. The number of hydrogen-bond donors (Lipinski definition) is 3. The standard InChI is InChI=1S/C22H23ClN6O2/c1-2-5-19(31)22-24-20(23)18(13-30)29(22)12-14-8-10-15(11-9-14)16-6-3-4-7-17(16)21-25-27-28-26-21/h3-4,6-11,19,30-31H,2,5,12-13H2,1H3,(H,25,26,27,28). The predicted molar refractivity (Wildman–Crippen MR) is 117 cm³/mol. The van der Waals surface area contributed by atoms with Crippen molar-refractivity contribution in [3.63, 3.8) is 0 Å². The van der Waals surface area contributed by atoms with Crippen molar-refractivity contribution < 1.29 is 10.2 Å². The van der Waals surface area contributed by atoms with Gasteiger partial charge in [0.1, 0.15) is 11.9 Å². The van der Waals surface area contributed by atoms with Crippen LogP contribution in [0.3, 0.4) is 0 Å². The molecule has 0 saturated carbocycles. The third kappa shape index (κ3) is 4.36. The second kappa shape index (κ2) is 9.38. The van der Waals surface area contributed by atoms with E-state index in [9.17, 15) is 10.2 Å². The zero-order valence-corrected chi connectivity index (χ0v) is 17.8. The molecule has 0 aliphatic rings. The van der Waals surface area contributed by atoms with E-state index in [1.165, 1.54) is 0 Å². The molecule has 160 valence electrons. The van der Waals surface area contributed by atoms with Crippen LogP contribution in [0.4, 0.5) is 0 Å². The van der Waals surface area contributed by atoms with Gasteiger partial charge < -0.3 is 14.8 Å². The summed E-state index contributed by atoms with van der Waals surface area (Å²) in [7, 11) is 0. The lowest BCUT2D eigenvalue weighted by Gasteiger charge is -2.15. The monoisotopic (exact) mass is 438 g/mol. The number of aromatic amines is 1. The average molecular weight is 439 g/mol. The lowest BCUT2D eigenvalue weighted by Crippen LogP contribution is -2.12. The molecule has 8 nitrogen and oxygen atoms in total. The van der Waals surface area contributed by atoms with Crippen molar-refractivity contribution in [2.45, 2.75) is 39.0 Å². The maximum atomic E-state index is 10.5. The molecule has 3 N–H and O–H groups in total. The van der Waals surface area contributed by atoms with E-state index in [1.807, 2.05) is 55.5 Å². The molecular formula is C22H23ClN6O2. The van der Waals surface area contributed by atoms with E-state index in [-0.39, 0.29) is 11.8 Å². The van der Waals surface area contributed by atoms with Gasteiger partial charge in [0, 0.05) is 12.1 Å². The highest BCUT2D eigenvalue weighted by molar-refractivity contribution is 6.30. The van der Waals surface area contributed by atoms with Crippen LogP contribution in [0.5, 0.6) is 0 Å². The summed E-state index contributed by atoms with van der Waals surface area (Å²) in [4.78, 5) is 4.30. The number of rotatable bonds is 8. The Morgan fingerprint density at radius 1 is 1.10 bits per heavy atom. The van der Waals surface area contributed by atoms with E-state index < -0.39 is 6.10 Å². The number of aromatic nitrogens is 6. The fraction of sp³-hybridized carbons (Fsp3) is 0.273. The van der Waals surface area contributed by atoms with Crippen LogP contribution in [0.2, 0.25) is 5.15 Å². The predicted octanol–water partition coefficient (Wildman–Crippen LogP) is 3.76. The average Bonchev–Trinajstić information content (AvgIpc) is 3.43. The number of tetrazole rings is 1. The lowest BCUT2D eigenvalue weighted by atomic mass is 9.98. The molecule has 0 aliphatic heterocycles. The molecule has 1 atom stereocenters. The molecule has 2 heterocycles. The molecule has 2 aromatic heterocycles. The van der Waals surface area contributed by atoms with Crippen molar-refractivity contribution in [1.82, 2.24) is 30.2 Å². The fourth-order valence-corrected chi connectivity index (χ4v) is 3.89. The molecule has 0 fully saturated rings. The topological polar surface area (TPSA) is 113 Å². The first-order valence-corrected chi connectivity index (χ1v) is 10.5. The van der Waals surface area contributed by atoms with Crippen molar-refractivity contribution in [3.05, 3.63) is 70.8 Å². The Morgan fingerprint density at radius 2 is 1.84 bits per heavy atom. The maximum absolute atomic E-state index is 10.5. The summed E-state index contributed by atoms with van der Waals surface area (Å²) in [6.07, 6.45) is 0.655. The van der Waals surface area contributed by atoms with Gasteiger partial charge in [-0.2, -0.15) is 5.21 Å². The van der Waals surface area contributed by atoms with Crippen molar-refractivity contribution in [1.29, 1.82) is 0 Å². The van der Waals surface area contributed by atoms with Gasteiger partial charge in [-0.05, 0) is 28.3 Å². The first-order chi connectivity index (χ1) is 15.1.